The SMILES string of the molecule is COc1ccccc1C(=O)NCC1(Cc2ccccc2)CCN(S(=O)(=O)NCc2ccc(F)cc2)CC1.COc1ccccc1C(=O)NCC1(Cc2ccccc2)CCNCC1.O=C1OCCN1S(=O)(=O)NCc1ccc(F)cc1. The third kappa shape index (κ3) is 17.4. The molecule has 0 atom stereocenters. The fourth-order valence-corrected chi connectivity index (χ4v) is 12.0. The minimum atomic E-state index is -3.90. The highest BCUT2D eigenvalue weighted by Crippen LogP contribution is 2.36. The Bertz CT molecular complexity index is 3190. The molecule has 5 N–H and O–H groups in total. The number of carbonyl (C=O) groups is 3. The van der Waals surface area contributed by atoms with Crippen molar-refractivity contribution in [2.45, 2.75) is 51.6 Å². The number of hydrogen-bond acceptors (Lipinski definition) is 11. The largest absolute Gasteiger partial charge is 0.496 e. The van der Waals surface area contributed by atoms with E-state index in [4.69, 9.17) is 9.47 Å². The standard InChI is InChI=1S/C28H32FN3O4S.C21H26N2O2.C10H11FN2O4S/c1-36-26-10-6-5-9-25(26)27(33)30-21-28(19-22-7-3-2-4-8-22)15-17-32(18-16-28)37(34,35)31-20-23-11-13-24(29)14-12-23;1-25-19-10-6-5-9-18(19)20(24)23-16-21(11-13-22-14-12-21)15-17-7-3-2-4-8-17;11-9-3-1-8(2-4-9)7-12-18(15,16)13-5-6-17-10(13)14/h2-14,31H,15-21H2,1H3,(H,30,33);2-10,22H,11-16H2,1H3,(H,23,24);1-4,12H,5-7H2. The lowest BCUT2D eigenvalue weighted by Gasteiger charge is -2.41. The van der Waals surface area contributed by atoms with E-state index in [9.17, 15) is 40.0 Å². The second kappa shape index (κ2) is 28.7. The van der Waals surface area contributed by atoms with Gasteiger partial charge in [0.15, 0.2) is 0 Å². The molecule has 0 saturated carbocycles. The van der Waals surface area contributed by atoms with Crippen molar-refractivity contribution < 1.29 is 54.2 Å². The number of rotatable bonds is 20. The van der Waals surface area contributed by atoms with E-state index in [1.165, 1.54) is 53.4 Å². The van der Waals surface area contributed by atoms with Gasteiger partial charge in [0, 0.05) is 39.3 Å². The predicted molar refractivity (Wildman–Crippen MR) is 301 cm³/mol. The second-order valence-electron chi connectivity index (χ2n) is 19.8. The van der Waals surface area contributed by atoms with Crippen molar-refractivity contribution >= 4 is 38.3 Å². The lowest BCUT2D eigenvalue weighted by atomic mass is 9.74. The summed E-state index contributed by atoms with van der Waals surface area (Å²) >= 11 is 0. The van der Waals surface area contributed by atoms with Gasteiger partial charge < -0.3 is 30.2 Å². The van der Waals surface area contributed by atoms with Crippen molar-refractivity contribution in [3.05, 3.63) is 203 Å². The number of cyclic esters (lactones) is 1. The molecule has 0 aliphatic carbocycles. The summed E-state index contributed by atoms with van der Waals surface area (Å²) in [5.41, 5.74) is 4.59. The number of ether oxygens (including phenoxy) is 3. The van der Waals surface area contributed by atoms with Crippen molar-refractivity contribution in [2.75, 3.05) is 66.6 Å². The van der Waals surface area contributed by atoms with Gasteiger partial charge in [-0.2, -0.15) is 34.9 Å². The van der Waals surface area contributed by atoms with Crippen LogP contribution in [0.15, 0.2) is 158 Å². The Morgan fingerprint density at radius 1 is 0.550 bits per heavy atom. The van der Waals surface area contributed by atoms with Crippen LogP contribution in [0.2, 0.25) is 0 Å². The van der Waals surface area contributed by atoms with Gasteiger partial charge in [-0.3, -0.25) is 9.59 Å². The summed E-state index contributed by atoms with van der Waals surface area (Å²) in [5.74, 6) is 0.0666. The van der Waals surface area contributed by atoms with Gasteiger partial charge in [-0.1, -0.05) is 109 Å². The van der Waals surface area contributed by atoms with Gasteiger partial charge in [0.25, 0.3) is 22.0 Å². The Morgan fingerprint density at radius 2 is 0.963 bits per heavy atom. The maximum absolute atomic E-state index is 13.1. The van der Waals surface area contributed by atoms with Crippen LogP contribution in [0, 0.1) is 22.5 Å². The molecule has 3 heterocycles. The molecular weight excluding hydrogens is 1070 g/mol. The number of carbonyl (C=O) groups excluding carboxylic acids is 3. The number of halogens is 2. The van der Waals surface area contributed by atoms with E-state index in [0.29, 0.717) is 77.1 Å². The summed E-state index contributed by atoms with van der Waals surface area (Å²) in [4.78, 5) is 36.8. The number of hydrogen-bond donors (Lipinski definition) is 5. The molecule has 0 radical (unpaired) electrons. The molecule has 0 bridgehead atoms. The molecule has 0 unspecified atom stereocenters. The first-order valence-corrected chi connectivity index (χ1v) is 29.2. The van der Waals surface area contributed by atoms with Crippen LogP contribution >= 0.6 is 0 Å². The van der Waals surface area contributed by atoms with Gasteiger partial charge in [-0.25, -0.2) is 13.6 Å². The van der Waals surface area contributed by atoms with E-state index in [0.717, 1.165) is 44.3 Å². The van der Waals surface area contributed by atoms with Gasteiger partial charge >= 0.3 is 16.3 Å². The molecule has 3 saturated heterocycles. The average Bonchev–Trinajstić information content (AvgIpc) is 3.94. The maximum atomic E-state index is 13.1. The van der Waals surface area contributed by atoms with Crippen molar-refractivity contribution in [1.29, 1.82) is 0 Å². The van der Waals surface area contributed by atoms with Gasteiger partial charge in [-0.05, 0) is 133 Å². The van der Waals surface area contributed by atoms with E-state index < -0.39 is 32.3 Å². The lowest BCUT2D eigenvalue weighted by Crippen LogP contribution is -2.51. The zero-order chi connectivity index (χ0) is 57.0. The van der Waals surface area contributed by atoms with Gasteiger partial charge in [0.05, 0.1) is 31.9 Å². The Kier molecular flexibility index (Phi) is 21.7. The highest BCUT2D eigenvalue weighted by atomic mass is 32.2. The Labute approximate surface area is 467 Å². The number of piperidine rings is 2. The molecule has 6 aromatic carbocycles. The van der Waals surface area contributed by atoms with Crippen molar-refractivity contribution in [3.63, 3.8) is 0 Å². The Morgan fingerprint density at radius 3 is 1.39 bits per heavy atom. The van der Waals surface area contributed by atoms with E-state index >= 15 is 0 Å². The Hall–Kier alpha value is -7.27. The van der Waals surface area contributed by atoms with Crippen LogP contribution in [0.25, 0.3) is 0 Å². The summed E-state index contributed by atoms with van der Waals surface area (Å²) in [5, 5.41) is 9.66. The fourth-order valence-electron chi connectivity index (χ4n) is 9.76. The molecule has 3 amide bonds. The number of methoxy groups -OCH3 is 2. The number of benzene rings is 6. The zero-order valence-electron chi connectivity index (χ0n) is 44.9. The smallest absolute Gasteiger partial charge is 0.424 e. The number of nitrogens with one attached hydrogen (secondary N) is 5. The summed E-state index contributed by atoms with van der Waals surface area (Å²) in [6, 6.07) is 46.1. The molecule has 21 heteroatoms. The van der Waals surface area contributed by atoms with Crippen LogP contribution in [0.1, 0.15) is 68.7 Å². The normalized spacial score (nSPS) is 15.9. The van der Waals surface area contributed by atoms with Crippen LogP contribution in [0.5, 0.6) is 11.5 Å². The highest BCUT2D eigenvalue weighted by molar-refractivity contribution is 7.87. The molecule has 3 aliphatic heterocycles. The minimum absolute atomic E-state index is 0.00240. The van der Waals surface area contributed by atoms with E-state index in [1.54, 1.807) is 43.5 Å². The first-order valence-electron chi connectivity index (χ1n) is 26.3. The van der Waals surface area contributed by atoms with Crippen LogP contribution in [0.4, 0.5) is 13.6 Å². The molecule has 80 heavy (non-hydrogen) atoms. The fraction of sp³-hybridized carbons (Fsp3) is 0.339. The molecule has 9 rings (SSSR count). The molecule has 3 fully saturated rings. The van der Waals surface area contributed by atoms with Crippen LogP contribution in [-0.4, -0.2) is 110 Å². The van der Waals surface area contributed by atoms with Gasteiger partial charge in [0.2, 0.25) is 0 Å². The molecule has 426 valence electrons. The lowest BCUT2D eigenvalue weighted by molar-refractivity contribution is 0.0887. The van der Waals surface area contributed by atoms with Crippen LogP contribution in [0.3, 0.4) is 0 Å². The van der Waals surface area contributed by atoms with Crippen molar-refractivity contribution in [2.24, 2.45) is 10.8 Å². The summed E-state index contributed by atoms with van der Waals surface area (Å²) < 4.78 is 97.3. The average molecular weight is 1140 g/mol. The summed E-state index contributed by atoms with van der Waals surface area (Å²) in [7, 11) is -4.49. The zero-order valence-corrected chi connectivity index (χ0v) is 46.5. The molecular formula is C59H69F2N7O10S2. The van der Waals surface area contributed by atoms with Crippen LogP contribution in [-0.2, 0) is 51.1 Å². The minimum Gasteiger partial charge on any atom is -0.496 e. The summed E-state index contributed by atoms with van der Waals surface area (Å²) in [6.07, 6.45) is 4.12. The topological polar surface area (TPSA) is 214 Å². The van der Waals surface area contributed by atoms with Gasteiger partial charge in [0.1, 0.15) is 29.7 Å². The van der Waals surface area contributed by atoms with Gasteiger partial charge in [-0.15, -0.1) is 0 Å². The first-order chi connectivity index (χ1) is 38.5. The summed E-state index contributed by atoms with van der Waals surface area (Å²) in [6.45, 7) is 3.86. The Balaban J connectivity index is 0.000000186. The maximum Gasteiger partial charge on any atom is 0.424 e. The number of amides is 3. The van der Waals surface area contributed by atoms with E-state index in [-0.39, 0.29) is 54.7 Å². The molecule has 3 aliphatic rings. The number of para-hydroxylation sites is 2. The second-order valence-corrected chi connectivity index (χ2v) is 23.3. The first kappa shape index (κ1) is 60.4. The van der Waals surface area contributed by atoms with Crippen molar-refractivity contribution in [3.8, 4) is 11.5 Å². The molecule has 6 aromatic rings. The number of nitrogens with zero attached hydrogens (tertiary/aromatic N) is 2. The monoisotopic (exact) mass is 1140 g/mol. The molecule has 17 nitrogen and oxygen atoms in total. The third-order valence-corrected chi connectivity index (χ3v) is 17.3. The molecule has 0 aromatic heterocycles. The van der Waals surface area contributed by atoms with Crippen molar-refractivity contribution in [1.82, 2.24) is 34.0 Å². The van der Waals surface area contributed by atoms with Crippen LogP contribution < -0.4 is 34.9 Å². The van der Waals surface area contributed by atoms with E-state index in [2.05, 4.69) is 66.5 Å². The highest BCUT2D eigenvalue weighted by Gasteiger charge is 2.39. The van der Waals surface area contributed by atoms with E-state index in [1.807, 2.05) is 48.5 Å². The predicted octanol–water partition coefficient (Wildman–Crippen LogP) is 7.57. The quantitative estimate of drug-likeness (QED) is 0.0503. The third-order valence-electron chi connectivity index (χ3n) is 14.3. The molecule has 0 spiro atoms.